The minimum atomic E-state index is -0.351. The first-order chi connectivity index (χ1) is 10.9. The maximum absolute atomic E-state index is 12.3. The highest BCUT2D eigenvalue weighted by molar-refractivity contribution is 5.74. The second kappa shape index (κ2) is 7.68. The fourth-order valence-electron chi connectivity index (χ4n) is 3.11. The number of hydrogen-bond acceptors (Lipinski definition) is 3. The van der Waals surface area contributed by atoms with Crippen LogP contribution in [0.3, 0.4) is 0 Å². The molecule has 2 amide bonds. The number of piperazine rings is 1. The number of hydrogen-bond donors (Lipinski definition) is 2. The summed E-state index contributed by atoms with van der Waals surface area (Å²) in [5.74, 6) is 0. The Hall–Kier alpha value is -1.75. The van der Waals surface area contributed by atoms with Gasteiger partial charge in [0.05, 0.1) is 6.10 Å². The van der Waals surface area contributed by atoms with Crippen LogP contribution in [0.2, 0.25) is 0 Å². The van der Waals surface area contributed by atoms with Gasteiger partial charge in [0, 0.05) is 38.4 Å². The molecule has 5 heteroatoms. The van der Waals surface area contributed by atoms with E-state index in [2.05, 4.69) is 36.2 Å². The highest BCUT2D eigenvalue weighted by Crippen LogP contribution is 2.21. The molecular formula is C18H29N3O2. The van der Waals surface area contributed by atoms with Gasteiger partial charge in [0.2, 0.25) is 0 Å². The summed E-state index contributed by atoms with van der Waals surface area (Å²) in [4.78, 5) is 16.5. The summed E-state index contributed by atoms with van der Waals surface area (Å²) in [6.07, 6.45) is 0.325. The van der Waals surface area contributed by atoms with Gasteiger partial charge in [-0.25, -0.2) is 4.79 Å². The Balaban J connectivity index is 1.78. The van der Waals surface area contributed by atoms with Crippen LogP contribution in [0.1, 0.15) is 27.2 Å². The summed E-state index contributed by atoms with van der Waals surface area (Å²) in [6.45, 7) is 9.67. The van der Waals surface area contributed by atoms with Crippen LogP contribution < -0.4 is 10.2 Å². The summed E-state index contributed by atoms with van der Waals surface area (Å²) < 4.78 is 0. The molecule has 2 rings (SSSR count). The maximum Gasteiger partial charge on any atom is 0.317 e. The van der Waals surface area contributed by atoms with Crippen molar-refractivity contribution in [2.45, 2.75) is 33.3 Å². The third-order valence-electron chi connectivity index (χ3n) is 4.25. The first-order valence-corrected chi connectivity index (χ1v) is 8.38. The number of urea groups is 1. The lowest BCUT2D eigenvalue weighted by molar-refractivity contribution is 0.126. The van der Waals surface area contributed by atoms with Gasteiger partial charge in [-0.3, -0.25) is 0 Å². The molecule has 1 unspecified atom stereocenters. The summed E-state index contributed by atoms with van der Waals surface area (Å²) in [7, 11) is 0. The second-order valence-corrected chi connectivity index (χ2v) is 7.19. The highest BCUT2D eigenvalue weighted by Gasteiger charge is 2.24. The Bertz CT molecular complexity index is 494. The molecule has 0 saturated carbocycles. The van der Waals surface area contributed by atoms with E-state index in [4.69, 9.17) is 0 Å². The molecule has 0 aromatic heterocycles. The standard InChI is InChI=1S/C18H29N3O2/c1-15(22)13-18(2,3)14-19-17(23)21-11-9-20(10-12-21)16-7-5-4-6-8-16/h4-8,15,22H,9-14H2,1-3H3,(H,19,23). The number of nitrogens with zero attached hydrogens (tertiary/aromatic N) is 2. The number of nitrogens with one attached hydrogen (secondary N) is 1. The van der Waals surface area contributed by atoms with Crippen molar-refractivity contribution in [3.8, 4) is 0 Å². The molecule has 2 N–H and O–H groups in total. The third-order valence-corrected chi connectivity index (χ3v) is 4.25. The maximum atomic E-state index is 12.3. The summed E-state index contributed by atoms with van der Waals surface area (Å²) in [5, 5.41) is 12.5. The lowest BCUT2D eigenvalue weighted by Crippen LogP contribution is -2.53. The van der Waals surface area contributed by atoms with Gasteiger partial charge in [-0.2, -0.15) is 0 Å². The average molecular weight is 319 g/mol. The minimum Gasteiger partial charge on any atom is -0.393 e. The fourth-order valence-corrected chi connectivity index (χ4v) is 3.11. The largest absolute Gasteiger partial charge is 0.393 e. The Morgan fingerprint density at radius 3 is 2.39 bits per heavy atom. The van der Waals surface area contributed by atoms with Crippen molar-refractivity contribution in [3.63, 3.8) is 0 Å². The summed E-state index contributed by atoms with van der Waals surface area (Å²) >= 11 is 0. The topological polar surface area (TPSA) is 55.8 Å². The van der Waals surface area contributed by atoms with E-state index >= 15 is 0 Å². The van der Waals surface area contributed by atoms with Gasteiger partial charge >= 0.3 is 6.03 Å². The SMILES string of the molecule is CC(O)CC(C)(C)CNC(=O)N1CCN(c2ccccc2)CC1. The number of para-hydroxylation sites is 1. The van der Waals surface area contributed by atoms with Crippen molar-refractivity contribution in [3.05, 3.63) is 30.3 Å². The van der Waals surface area contributed by atoms with Gasteiger partial charge in [0.1, 0.15) is 0 Å². The van der Waals surface area contributed by atoms with E-state index in [9.17, 15) is 9.90 Å². The van der Waals surface area contributed by atoms with E-state index in [0.717, 1.165) is 26.2 Å². The van der Waals surface area contributed by atoms with Crippen LogP contribution in [0, 0.1) is 5.41 Å². The molecule has 1 aliphatic heterocycles. The quantitative estimate of drug-likeness (QED) is 0.876. The number of carbonyl (C=O) groups excluding carboxylic acids is 1. The number of anilines is 1. The Kier molecular flexibility index (Phi) is 5.88. The first kappa shape index (κ1) is 17.6. The highest BCUT2D eigenvalue weighted by atomic mass is 16.3. The van der Waals surface area contributed by atoms with Gasteiger partial charge in [-0.15, -0.1) is 0 Å². The summed E-state index contributed by atoms with van der Waals surface area (Å²) in [6, 6.07) is 10.3. The molecule has 0 spiro atoms. The first-order valence-electron chi connectivity index (χ1n) is 8.38. The monoisotopic (exact) mass is 319 g/mol. The van der Waals surface area contributed by atoms with Crippen LogP contribution >= 0.6 is 0 Å². The average Bonchev–Trinajstić information content (AvgIpc) is 2.52. The second-order valence-electron chi connectivity index (χ2n) is 7.19. The van der Waals surface area contributed by atoms with Crippen LogP contribution in [0.5, 0.6) is 0 Å². The van der Waals surface area contributed by atoms with Crippen molar-refractivity contribution in [1.82, 2.24) is 10.2 Å². The van der Waals surface area contributed by atoms with Gasteiger partial charge in [0.15, 0.2) is 0 Å². The van der Waals surface area contributed by atoms with Crippen LogP contribution in [-0.4, -0.2) is 54.9 Å². The zero-order chi connectivity index (χ0) is 16.9. The molecule has 0 aliphatic carbocycles. The zero-order valence-electron chi connectivity index (χ0n) is 14.5. The molecule has 5 nitrogen and oxygen atoms in total. The van der Waals surface area contributed by atoms with E-state index < -0.39 is 0 Å². The van der Waals surface area contributed by atoms with E-state index in [-0.39, 0.29) is 17.6 Å². The van der Waals surface area contributed by atoms with Gasteiger partial charge in [-0.05, 0) is 30.9 Å². The van der Waals surface area contributed by atoms with E-state index in [1.165, 1.54) is 5.69 Å². The van der Waals surface area contributed by atoms with Gasteiger partial charge < -0.3 is 20.2 Å². The number of amides is 2. The number of aliphatic hydroxyl groups is 1. The molecule has 1 aromatic rings. The molecule has 1 heterocycles. The number of benzene rings is 1. The van der Waals surface area contributed by atoms with E-state index in [1.807, 2.05) is 23.1 Å². The van der Waals surface area contributed by atoms with Crippen LogP contribution in [0.15, 0.2) is 30.3 Å². The predicted molar refractivity (Wildman–Crippen MR) is 93.7 cm³/mol. The van der Waals surface area contributed by atoms with Gasteiger partial charge in [-0.1, -0.05) is 32.0 Å². The lowest BCUT2D eigenvalue weighted by Gasteiger charge is -2.36. The van der Waals surface area contributed by atoms with Crippen molar-refractivity contribution < 1.29 is 9.90 Å². The number of aliphatic hydroxyl groups excluding tert-OH is 1. The molecular weight excluding hydrogens is 290 g/mol. The molecule has 23 heavy (non-hydrogen) atoms. The van der Waals surface area contributed by atoms with Crippen molar-refractivity contribution in [2.75, 3.05) is 37.6 Å². The lowest BCUT2D eigenvalue weighted by atomic mass is 9.87. The zero-order valence-corrected chi connectivity index (χ0v) is 14.5. The van der Waals surface area contributed by atoms with Crippen LogP contribution in [0.4, 0.5) is 10.5 Å². The molecule has 1 aromatic carbocycles. The molecule has 1 saturated heterocycles. The fraction of sp³-hybridized carbons (Fsp3) is 0.611. The Morgan fingerprint density at radius 2 is 1.83 bits per heavy atom. The molecule has 0 radical (unpaired) electrons. The molecule has 1 fully saturated rings. The Morgan fingerprint density at radius 1 is 1.22 bits per heavy atom. The number of carbonyl (C=O) groups is 1. The van der Waals surface area contributed by atoms with Crippen molar-refractivity contribution >= 4 is 11.7 Å². The summed E-state index contributed by atoms with van der Waals surface area (Å²) in [5.41, 5.74) is 1.11. The van der Waals surface area contributed by atoms with Crippen LogP contribution in [-0.2, 0) is 0 Å². The third kappa shape index (κ3) is 5.43. The van der Waals surface area contributed by atoms with Crippen LogP contribution in [0.25, 0.3) is 0 Å². The van der Waals surface area contributed by atoms with E-state index in [0.29, 0.717) is 13.0 Å². The molecule has 0 bridgehead atoms. The Labute approximate surface area is 139 Å². The smallest absolute Gasteiger partial charge is 0.317 e. The predicted octanol–water partition coefficient (Wildman–Crippen LogP) is 2.32. The normalized spacial score (nSPS) is 17.0. The minimum absolute atomic E-state index is 0.00335. The molecule has 1 atom stereocenters. The van der Waals surface area contributed by atoms with E-state index in [1.54, 1.807) is 6.92 Å². The van der Waals surface area contributed by atoms with Crippen molar-refractivity contribution in [1.29, 1.82) is 0 Å². The van der Waals surface area contributed by atoms with Crippen molar-refractivity contribution in [2.24, 2.45) is 5.41 Å². The number of rotatable bonds is 5. The molecule has 1 aliphatic rings. The molecule has 128 valence electrons. The van der Waals surface area contributed by atoms with Gasteiger partial charge in [0.25, 0.3) is 0 Å².